The maximum atomic E-state index is 12.9. The highest BCUT2D eigenvalue weighted by Gasteiger charge is 2.48. The van der Waals surface area contributed by atoms with Gasteiger partial charge in [0.25, 0.3) is 5.91 Å². The Hall–Kier alpha value is -3.02. The van der Waals surface area contributed by atoms with Crippen LogP contribution in [0.1, 0.15) is 31.4 Å². The van der Waals surface area contributed by atoms with Crippen LogP contribution in [0.5, 0.6) is 11.5 Å². The van der Waals surface area contributed by atoms with Gasteiger partial charge in [0.1, 0.15) is 23.6 Å². The summed E-state index contributed by atoms with van der Waals surface area (Å²) in [5, 5.41) is 2.81. The minimum absolute atomic E-state index is 0.181. The van der Waals surface area contributed by atoms with Gasteiger partial charge in [-0.25, -0.2) is 4.79 Å². The van der Waals surface area contributed by atoms with Gasteiger partial charge in [-0.05, 0) is 50.1 Å². The molecule has 0 radical (unpaired) electrons. The molecule has 1 unspecified atom stereocenters. The second-order valence-electron chi connectivity index (χ2n) is 7.05. The van der Waals surface area contributed by atoms with Gasteiger partial charge in [-0.1, -0.05) is 36.8 Å². The molecule has 2 aromatic carbocycles. The summed E-state index contributed by atoms with van der Waals surface area (Å²) in [6.07, 6.45) is 0.950. The third kappa shape index (κ3) is 4.11. The highest BCUT2D eigenvalue weighted by molar-refractivity contribution is 6.07. The van der Waals surface area contributed by atoms with Gasteiger partial charge in [-0.15, -0.1) is 0 Å². The van der Waals surface area contributed by atoms with Crippen LogP contribution in [-0.4, -0.2) is 36.6 Å². The molecule has 0 aromatic heterocycles. The van der Waals surface area contributed by atoms with Crippen molar-refractivity contribution >= 4 is 11.9 Å². The van der Waals surface area contributed by atoms with Gasteiger partial charge in [0, 0.05) is 0 Å². The van der Waals surface area contributed by atoms with E-state index in [9.17, 15) is 9.59 Å². The molecule has 0 saturated carbocycles. The minimum atomic E-state index is -1.05. The molecule has 1 N–H and O–H groups in total. The molecule has 6 heteroatoms. The van der Waals surface area contributed by atoms with Crippen molar-refractivity contribution < 1.29 is 19.1 Å². The first kappa shape index (κ1) is 19.7. The molecular weight excluding hydrogens is 356 g/mol. The Morgan fingerprint density at radius 1 is 0.929 bits per heavy atom. The van der Waals surface area contributed by atoms with Gasteiger partial charge < -0.3 is 14.8 Å². The standard InChI is InChI=1S/C22H26N2O4/c1-4-14-27-18-9-11-19(12-10-18)28-15-13-24-20(25)22(3,23-21(24)26)17-7-5-16(2)6-8-17/h5-12H,4,13-15H2,1-3H3,(H,23,26). The predicted octanol–water partition coefficient (Wildman–Crippen LogP) is 3.63. The van der Waals surface area contributed by atoms with Crippen LogP contribution in [0.3, 0.4) is 0 Å². The molecule has 1 fully saturated rings. The molecule has 0 spiro atoms. The largest absolute Gasteiger partial charge is 0.494 e. The summed E-state index contributed by atoms with van der Waals surface area (Å²) in [5.41, 5.74) is 0.811. The van der Waals surface area contributed by atoms with E-state index in [0.717, 1.165) is 23.3 Å². The number of amides is 3. The van der Waals surface area contributed by atoms with Crippen LogP contribution < -0.4 is 14.8 Å². The lowest BCUT2D eigenvalue weighted by Crippen LogP contribution is -2.41. The minimum Gasteiger partial charge on any atom is -0.494 e. The number of hydrogen-bond acceptors (Lipinski definition) is 4. The highest BCUT2D eigenvalue weighted by Crippen LogP contribution is 2.29. The summed E-state index contributed by atoms with van der Waals surface area (Å²) in [4.78, 5) is 26.4. The quantitative estimate of drug-likeness (QED) is 0.708. The van der Waals surface area contributed by atoms with E-state index in [4.69, 9.17) is 9.47 Å². The zero-order valence-corrected chi connectivity index (χ0v) is 16.5. The van der Waals surface area contributed by atoms with Crippen molar-refractivity contribution in [3.8, 4) is 11.5 Å². The second kappa shape index (κ2) is 8.33. The third-order valence-electron chi connectivity index (χ3n) is 4.78. The average Bonchev–Trinajstić information content (AvgIpc) is 2.91. The second-order valence-corrected chi connectivity index (χ2v) is 7.05. The van der Waals surface area contributed by atoms with Gasteiger partial charge in [0.15, 0.2) is 0 Å². The SMILES string of the molecule is CCCOc1ccc(OCCN2C(=O)NC(C)(c3ccc(C)cc3)C2=O)cc1. The van der Waals surface area contributed by atoms with Crippen molar-refractivity contribution in [2.45, 2.75) is 32.7 Å². The third-order valence-corrected chi connectivity index (χ3v) is 4.78. The monoisotopic (exact) mass is 382 g/mol. The molecule has 1 aliphatic heterocycles. The lowest BCUT2D eigenvalue weighted by atomic mass is 9.91. The molecule has 3 rings (SSSR count). The fourth-order valence-electron chi connectivity index (χ4n) is 3.09. The van der Waals surface area contributed by atoms with E-state index in [1.807, 2.05) is 55.5 Å². The molecule has 0 bridgehead atoms. The Kier molecular flexibility index (Phi) is 5.87. The van der Waals surface area contributed by atoms with Crippen molar-refractivity contribution in [3.63, 3.8) is 0 Å². The van der Waals surface area contributed by atoms with Gasteiger partial charge >= 0.3 is 6.03 Å². The Morgan fingerprint density at radius 2 is 1.50 bits per heavy atom. The number of carbonyl (C=O) groups is 2. The molecule has 1 saturated heterocycles. The van der Waals surface area contributed by atoms with Crippen molar-refractivity contribution in [3.05, 3.63) is 59.7 Å². The first-order valence-electron chi connectivity index (χ1n) is 9.51. The van der Waals surface area contributed by atoms with Crippen molar-refractivity contribution in [2.75, 3.05) is 19.8 Å². The number of carbonyl (C=O) groups excluding carboxylic acids is 2. The van der Waals surface area contributed by atoms with E-state index in [-0.39, 0.29) is 19.1 Å². The number of benzene rings is 2. The molecule has 1 aliphatic rings. The molecule has 3 amide bonds. The van der Waals surface area contributed by atoms with Crippen LogP contribution in [-0.2, 0) is 10.3 Å². The highest BCUT2D eigenvalue weighted by atomic mass is 16.5. The maximum Gasteiger partial charge on any atom is 0.325 e. The molecular formula is C22H26N2O4. The number of ether oxygens (including phenoxy) is 2. The zero-order valence-electron chi connectivity index (χ0n) is 16.5. The summed E-state index contributed by atoms with van der Waals surface area (Å²) < 4.78 is 11.2. The Labute approximate surface area is 165 Å². The summed E-state index contributed by atoms with van der Waals surface area (Å²) in [5.74, 6) is 1.18. The Bertz CT molecular complexity index is 833. The fourth-order valence-corrected chi connectivity index (χ4v) is 3.09. The van der Waals surface area contributed by atoms with Gasteiger partial charge in [-0.3, -0.25) is 9.69 Å². The topological polar surface area (TPSA) is 67.9 Å². The molecule has 1 atom stereocenters. The number of nitrogens with zero attached hydrogens (tertiary/aromatic N) is 1. The smallest absolute Gasteiger partial charge is 0.325 e. The van der Waals surface area contributed by atoms with Crippen molar-refractivity contribution in [2.24, 2.45) is 0 Å². The number of rotatable bonds is 8. The Morgan fingerprint density at radius 3 is 2.07 bits per heavy atom. The summed E-state index contributed by atoms with van der Waals surface area (Å²) in [7, 11) is 0. The first-order chi connectivity index (χ1) is 13.4. The molecule has 148 valence electrons. The number of nitrogens with one attached hydrogen (secondary N) is 1. The number of urea groups is 1. The summed E-state index contributed by atoms with van der Waals surface area (Å²) >= 11 is 0. The van der Waals surface area contributed by atoms with Gasteiger partial charge in [0.05, 0.1) is 13.2 Å². The Balaban J connectivity index is 1.58. The van der Waals surface area contributed by atoms with Crippen LogP contribution in [0.2, 0.25) is 0 Å². The summed E-state index contributed by atoms with van der Waals surface area (Å²) in [6.45, 7) is 6.84. The molecule has 2 aromatic rings. The lowest BCUT2D eigenvalue weighted by Gasteiger charge is -2.22. The molecule has 6 nitrogen and oxygen atoms in total. The van der Waals surface area contributed by atoms with E-state index >= 15 is 0 Å². The van der Waals surface area contributed by atoms with Crippen LogP contribution >= 0.6 is 0 Å². The van der Waals surface area contributed by atoms with Crippen LogP contribution in [0.25, 0.3) is 0 Å². The van der Waals surface area contributed by atoms with Crippen molar-refractivity contribution in [1.82, 2.24) is 10.2 Å². The first-order valence-corrected chi connectivity index (χ1v) is 9.51. The normalized spacial score (nSPS) is 18.9. The van der Waals surface area contributed by atoms with E-state index < -0.39 is 11.6 Å². The average molecular weight is 382 g/mol. The molecule has 0 aliphatic carbocycles. The van der Waals surface area contributed by atoms with E-state index in [2.05, 4.69) is 12.2 Å². The van der Waals surface area contributed by atoms with Crippen LogP contribution in [0.15, 0.2) is 48.5 Å². The predicted molar refractivity (Wildman–Crippen MR) is 106 cm³/mol. The van der Waals surface area contributed by atoms with E-state index in [0.29, 0.717) is 12.4 Å². The lowest BCUT2D eigenvalue weighted by molar-refractivity contribution is -0.131. The number of imide groups is 1. The van der Waals surface area contributed by atoms with Crippen LogP contribution in [0, 0.1) is 6.92 Å². The molecule has 28 heavy (non-hydrogen) atoms. The van der Waals surface area contributed by atoms with Crippen molar-refractivity contribution in [1.29, 1.82) is 0 Å². The van der Waals surface area contributed by atoms with E-state index in [1.165, 1.54) is 4.90 Å². The summed E-state index contributed by atoms with van der Waals surface area (Å²) in [6, 6.07) is 14.5. The number of aryl methyl sites for hydroxylation is 1. The zero-order chi connectivity index (χ0) is 20.1. The maximum absolute atomic E-state index is 12.9. The fraction of sp³-hybridized carbons (Fsp3) is 0.364. The van der Waals surface area contributed by atoms with E-state index in [1.54, 1.807) is 6.92 Å². The molecule has 1 heterocycles. The van der Waals surface area contributed by atoms with Gasteiger partial charge in [-0.2, -0.15) is 0 Å². The number of hydrogen-bond donors (Lipinski definition) is 1. The van der Waals surface area contributed by atoms with Gasteiger partial charge in [0.2, 0.25) is 0 Å². The van der Waals surface area contributed by atoms with Crippen LogP contribution in [0.4, 0.5) is 4.79 Å².